The number of nitrogens with zero attached hydrogens (tertiary/aromatic N) is 2. The van der Waals surface area contributed by atoms with E-state index in [-0.39, 0.29) is 18.7 Å². The first-order valence-electron chi connectivity index (χ1n) is 8.38. The van der Waals surface area contributed by atoms with Crippen LogP contribution in [-0.4, -0.2) is 22.9 Å². The predicted octanol–water partition coefficient (Wildman–Crippen LogP) is 3.73. The molecule has 0 unspecified atom stereocenters. The maximum atomic E-state index is 12.1. The molecule has 27 heavy (non-hydrogen) atoms. The monoisotopic (exact) mass is 363 g/mol. The second-order valence-electron chi connectivity index (χ2n) is 6.22. The zero-order valence-electron chi connectivity index (χ0n) is 14.9. The highest BCUT2D eigenvalue weighted by molar-refractivity contribution is 6.00. The van der Waals surface area contributed by atoms with E-state index in [4.69, 9.17) is 13.9 Å². The number of hydrogen-bond acceptors (Lipinski definition) is 6. The van der Waals surface area contributed by atoms with Gasteiger partial charge in [-0.2, -0.15) is 0 Å². The molecule has 2 aromatic carbocycles. The van der Waals surface area contributed by atoms with Crippen LogP contribution in [0.25, 0.3) is 17.5 Å². The highest BCUT2D eigenvalue weighted by Gasteiger charge is 2.13. The van der Waals surface area contributed by atoms with Crippen LogP contribution < -0.4 is 14.8 Å². The number of rotatable bonds is 4. The molecule has 0 aliphatic carbocycles. The Kier molecular flexibility index (Phi) is 4.33. The second-order valence-corrected chi connectivity index (χ2v) is 6.22. The molecule has 7 nitrogen and oxygen atoms in total. The average molecular weight is 363 g/mol. The largest absolute Gasteiger partial charge is 0.454 e. The molecule has 2 heterocycles. The molecule has 0 atom stereocenters. The Morgan fingerprint density at radius 1 is 1.04 bits per heavy atom. The summed E-state index contributed by atoms with van der Waals surface area (Å²) in [5.41, 5.74) is 3.83. The molecule has 0 saturated carbocycles. The van der Waals surface area contributed by atoms with Crippen LogP contribution in [0.1, 0.15) is 16.7 Å². The minimum absolute atomic E-state index is 0.0458. The van der Waals surface area contributed by atoms with E-state index in [1.807, 2.05) is 32.0 Å². The van der Waals surface area contributed by atoms with Crippen molar-refractivity contribution in [3.05, 3.63) is 59.2 Å². The fourth-order valence-electron chi connectivity index (χ4n) is 2.82. The number of aromatic nitrogens is 2. The molecule has 0 saturated heterocycles. The third kappa shape index (κ3) is 3.82. The molecule has 1 aromatic heterocycles. The number of carbonyl (C=O) groups is 1. The summed E-state index contributed by atoms with van der Waals surface area (Å²) in [4.78, 5) is 12.1. The lowest BCUT2D eigenvalue weighted by atomic mass is 10.1. The van der Waals surface area contributed by atoms with Crippen molar-refractivity contribution >= 4 is 18.0 Å². The molecule has 1 amide bonds. The van der Waals surface area contributed by atoms with Gasteiger partial charge in [0.1, 0.15) is 0 Å². The van der Waals surface area contributed by atoms with Crippen molar-refractivity contribution in [2.45, 2.75) is 13.8 Å². The maximum absolute atomic E-state index is 12.1. The van der Waals surface area contributed by atoms with Gasteiger partial charge in [0, 0.05) is 11.6 Å². The van der Waals surface area contributed by atoms with Gasteiger partial charge in [-0.3, -0.25) is 10.1 Å². The molecule has 0 spiro atoms. The molecule has 4 rings (SSSR count). The van der Waals surface area contributed by atoms with Gasteiger partial charge in [-0.1, -0.05) is 28.4 Å². The lowest BCUT2D eigenvalue weighted by molar-refractivity contribution is -0.112. The van der Waals surface area contributed by atoms with Gasteiger partial charge < -0.3 is 13.9 Å². The first kappa shape index (κ1) is 16.8. The first-order chi connectivity index (χ1) is 13.1. The molecule has 136 valence electrons. The standard InChI is InChI=1S/C20H17N3O4/c1-12-7-13(2)9-15(8-12)19-22-23-20(27-19)21-18(24)6-4-14-3-5-16-17(10-14)26-11-25-16/h3-10H,11H2,1-2H3,(H,21,23,24). The number of ether oxygens (including phenoxy) is 2. The highest BCUT2D eigenvalue weighted by Crippen LogP contribution is 2.32. The minimum atomic E-state index is -0.372. The Labute approximate surface area is 155 Å². The SMILES string of the molecule is Cc1cc(C)cc(-c2nnc(NC(=O)C=Cc3ccc4c(c3)OCO4)o2)c1. The molecule has 0 radical (unpaired) electrons. The van der Waals surface area contributed by atoms with Crippen LogP contribution in [0.15, 0.2) is 46.9 Å². The molecule has 0 fully saturated rings. The van der Waals surface area contributed by atoms with Crippen molar-refractivity contribution in [1.29, 1.82) is 0 Å². The lowest BCUT2D eigenvalue weighted by Crippen LogP contribution is -2.07. The van der Waals surface area contributed by atoms with Crippen LogP contribution >= 0.6 is 0 Å². The zero-order chi connectivity index (χ0) is 18.8. The van der Waals surface area contributed by atoms with E-state index in [1.54, 1.807) is 18.2 Å². The van der Waals surface area contributed by atoms with E-state index < -0.39 is 0 Å². The summed E-state index contributed by atoms with van der Waals surface area (Å²) >= 11 is 0. The van der Waals surface area contributed by atoms with Gasteiger partial charge in [-0.05, 0) is 49.8 Å². The van der Waals surface area contributed by atoms with Crippen LogP contribution in [0.3, 0.4) is 0 Å². The summed E-state index contributed by atoms with van der Waals surface area (Å²) in [6, 6.07) is 11.4. The molecule has 3 aromatic rings. The van der Waals surface area contributed by atoms with E-state index >= 15 is 0 Å². The number of carbonyl (C=O) groups excluding carboxylic acids is 1. The number of aryl methyl sites for hydroxylation is 2. The summed E-state index contributed by atoms with van der Waals surface area (Å²) in [7, 11) is 0. The Bertz CT molecular complexity index is 1020. The summed E-state index contributed by atoms with van der Waals surface area (Å²) in [6.45, 7) is 4.20. The van der Waals surface area contributed by atoms with Crippen LogP contribution in [0.4, 0.5) is 6.01 Å². The minimum Gasteiger partial charge on any atom is -0.454 e. The molecular formula is C20H17N3O4. The zero-order valence-corrected chi connectivity index (χ0v) is 14.9. The number of hydrogen-bond donors (Lipinski definition) is 1. The Morgan fingerprint density at radius 2 is 1.81 bits per heavy atom. The van der Waals surface area contributed by atoms with Gasteiger partial charge in [-0.25, -0.2) is 0 Å². The third-order valence-corrected chi connectivity index (χ3v) is 3.95. The summed E-state index contributed by atoms with van der Waals surface area (Å²) in [5, 5.41) is 10.4. The van der Waals surface area contributed by atoms with Crippen molar-refractivity contribution in [3.63, 3.8) is 0 Å². The molecule has 1 aliphatic rings. The number of benzene rings is 2. The Balaban J connectivity index is 1.43. The summed E-state index contributed by atoms with van der Waals surface area (Å²) < 4.78 is 16.1. The Hall–Kier alpha value is -3.61. The smallest absolute Gasteiger partial charge is 0.322 e. The highest BCUT2D eigenvalue weighted by atomic mass is 16.7. The van der Waals surface area contributed by atoms with Crippen molar-refractivity contribution < 1.29 is 18.7 Å². The van der Waals surface area contributed by atoms with Crippen LogP contribution in [0, 0.1) is 13.8 Å². The number of amides is 1. The van der Waals surface area contributed by atoms with Crippen LogP contribution in [-0.2, 0) is 4.79 Å². The summed E-state index contributed by atoms with van der Waals surface area (Å²) in [6.07, 6.45) is 3.05. The average Bonchev–Trinajstić information content (AvgIpc) is 3.28. The van der Waals surface area contributed by atoms with E-state index in [0.717, 1.165) is 22.3 Å². The second kappa shape index (κ2) is 6.95. The van der Waals surface area contributed by atoms with E-state index in [0.29, 0.717) is 17.4 Å². The van der Waals surface area contributed by atoms with Crippen LogP contribution in [0.2, 0.25) is 0 Å². The Morgan fingerprint density at radius 3 is 2.63 bits per heavy atom. The van der Waals surface area contributed by atoms with Gasteiger partial charge in [0.2, 0.25) is 12.7 Å². The van der Waals surface area contributed by atoms with Gasteiger partial charge in [0.25, 0.3) is 5.91 Å². The quantitative estimate of drug-likeness (QED) is 0.711. The van der Waals surface area contributed by atoms with Gasteiger partial charge >= 0.3 is 6.01 Å². The van der Waals surface area contributed by atoms with Gasteiger partial charge in [0.05, 0.1) is 0 Å². The normalized spacial score (nSPS) is 12.5. The van der Waals surface area contributed by atoms with Crippen molar-refractivity contribution in [1.82, 2.24) is 10.2 Å². The number of anilines is 1. The van der Waals surface area contributed by atoms with Gasteiger partial charge in [0.15, 0.2) is 11.5 Å². The maximum Gasteiger partial charge on any atom is 0.322 e. The fourth-order valence-corrected chi connectivity index (χ4v) is 2.82. The topological polar surface area (TPSA) is 86.5 Å². The molecule has 1 aliphatic heterocycles. The lowest BCUT2D eigenvalue weighted by Gasteiger charge is -2.00. The molecule has 7 heteroatoms. The molecule has 1 N–H and O–H groups in total. The van der Waals surface area contributed by atoms with Crippen LogP contribution in [0.5, 0.6) is 11.5 Å². The number of nitrogens with one attached hydrogen (secondary N) is 1. The molecule has 0 bridgehead atoms. The third-order valence-electron chi connectivity index (χ3n) is 3.95. The van der Waals surface area contributed by atoms with Crippen molar-refractivity contribution in [2.24, 2.45) is 0 Å². The first-order valence-corrected chi connectivity index (χ1v) is 8.38. The van der Waals surface area contributed by atoms with Crippen molar-refractivity contribution in [2.75, 3.05) is 12.1 Å². The number of fused-ring (bicyclic) bond motifs is 1. The molecular weight excluding hydrogens is 346 g/mol. The van der Waals surface area contributed by atoms with E-state index in [1.165, 1.54) is 6.08 Å². The predicted molar refractivity (Wildman–Crippen MR) is 99.4 cm³/mol. The van der Waals surface area contributed by atoms with E-state index in [2.05, 4.69) is 21.6 Å². The van der Waals surface area contributed by atoms with E-state index in [9.17, 15) is 4.79 Å². The summed E-state index contributed by atoms with van der Waals surface area (Å²) in [5.74, 6) is 1.34. The fraction of sp³-hybridized carbons (Fsp3) is 0.150. The van der Waals surface area contributed by atoms with Gasteiger partial charge in [-0.15, -0.1) is 5.10 Å². The van der Waals surface area contributed by atoms with Crippen molar-refractivity contribution in [3.8, 4) is 23.0 Å².